The smallest absolute Gasteiger partial charge is 0.321 e. The van der Waals surface area contributed by atoms with Crippen molar-refractivity contribution in [1.82, 2.24) is 10.0 Å². The number of nitrogens with one attached hydrogen (secondary N) is 1. The maximum absolute atomic E-state index is 13.1. The summed E-state index contributed by atoms with van der Waals surface area (Å²) in [5.74, 6) is -0.316. The van der Waals surface area contributed by atoms with E-state index in [1.54, 1.807) is 0 Å². The van der Waals surface area contributed by atoms with Gasteiger partial charge in [-0.3, -0.25) is 9.59 Å². The molecule has 0 bridgehead atoms. The minimum Gasteiger partial charge on any atom is -0.370 e. The predicted octanol–water partition coefficient (Wildman–Crippen LogP) is 4.85. The van der Waals surface area contributed by atoms with Crippen molar-refractivity contribution in [3.05, 3.63) is 82.9 Å². The summed E-state index contributed by atoms with van der Waals surface area (Å²) >= 11 is 0. The monoisotopic (exact) mass is 398 g/mol. The van der Waals surface area contributed by atoms with Crippen LogP contribution in [0.3, 0.4) is 0 Å². The molecule has 1 aliphatic rings. The standard InChI is InChI=1S/C25H22N2O3/c1-15-6-3-4-7-18(15)25(29)17-10-11-23-21(14-17)19-8-5-9-20-22(26-30-16(2)28)12-13-27(23)24(19)20/h3-11,14,22,26H,12-13H2,1-2H3. The Morgan fingerprint density at radius 3 is 2.67 bits per heavy atom. The van der Waals surface area contributed by atoms with E-state index in [0.717, 1.165) is 51.5 Å². The van der Waals surface area contributed by atoms with Crippen LogP contribution in [0.15, 0.2) is 60.7 Å². The highest BCUT2D eigenvalue weighted by Gasteiger charge is 2.25. The van der Waals surface area contributed by atoms with Gasteiger partial charge >= 0.3 is 5.97 Å². The largest absolute Gasteiger partial charge is 0.370 e. The van der Waals surface area contributed by atoms with Gasteiger partial charge in [-0.2, -0.15) is 0 Å². The summed E-state index contributed by atoms with van der Waals surface area (Å²) in [5.41, 5.74) is 8.65. The number of fused-ring (bicyclic) bond motifs is 3. The number of hydroxylamine groups is 1. The van der Waals surface area contributed by atoms with E-state index in [1.165, 1.54) is 6.92 Å². The maximum atomic E-state index is 13.1. The first kappa shape index (κ1) is 18.6. The number of carbonyl (C=O) groups excluding carboxylic acids is 2. The normalized spacial score (nSPS) is 15.5. The molecule has 3 aromatic carbocycles. The van der Waals surface area contributed by atoms with E-state index >= 15 is 0 Å². The van der Waals surface area contributed by atoms with E-state index in [9.17, 15) is 9.59 Å². The zero-order chi connectivity index (χ0) is 20.8. The van der Waals surface area contributed by atoms with Crippen LogP contribution in [-0.2, 0) is 16.2 Å². The summed E-state index contributed by atoms with van der Waals surface area (Å²) < 4.78 is 2.30. The maximum Gasteiger partial charge on any atom is 0.321 e. The minimum absolute atomic E-state index is 0.0383. The van der Waals surface area contributed by atoms with Crippen LogP contribution in [0.2, 0.25) is 0 Å². The molecule has 150 valence electrons. The molecule has 30 heavy (non-hydrogen) atoms. The molecule has 1 atom stereocenters. The molecule has 5 nitrogen and oxygen atoms in total. The second-order valence-corrected chi connectivity index (χ2v) is 7.82. The fourth-order valence-corrected chi connectivity index (χ4v) is 4.52. The molecule has 0 aliphatic carbocycles. The molecule has 0 spiro atoms. The first-order valence-electron chi connectivity index (χ1n) is 10.1. The molecule has 4 aromatic rings. The number of nitrogens with zero attached hydrogens (tertiary/aromatic N) is 1. The summed E-state index contributed by atoms with van der Waals surface area (Å²) in [7, 11) is 0. The zero-order valence-corrected chi connectivity index (χ0v) is 16.9. The Kier molecular flexibility index (Phi) is 4.40. The van der Waals surface area contributed by atoms with E-state index in [2.05, 4.69) is 22.2 Å². The van der Waals surface area contributed by atoms with Crippen LogP contribution in [0.4, 0.5) is 0 Å². The van der Waals surface area contributed by atoms with Crippen molar-refractivity contribution in [2.24, 2.45) is 0 Å². The first-order chi connectivity index (χ1) is 14.5. The highest BCUT2D eigenvalue weighted by atomic mass is 16.7. The lowest BCUT2D eigenvalue weighted by Crippen LogP contribution is -2.28. The highest BCUT2D eigenvalue weighted by Crippen LogP contribution is 2.38. The second kappa shape index (κ2) is 7.11. The Morgan fingerprint density at radius 2 is 1.87 bits per heavy atom. The van der Waals surface area contributed by atoms with Crippen LogP contribution in [-0.4, -0.2) is 16.3 Å². The Morgan fingerprint density at radius 1 is 1.03 bits per heavy atom. The number of ketones is 1. The molecule has 1 aromatic heterocycles. The fraction of sp³-hybridized carbons (Fsp3) is 0.200. The van der Waals surface area contributed by atoms with Gasteiger partial charge in [-0.05, 0) is 42.7 Å². The molecular weight excluding hydrogens is 376 g/mol. The number of aromatic nitrogens is 1. The van der Waals surface area contributed by atoms with Gasteiger partial charge < -0.3 is 9.40 Å². The third-order valence-corrected chi connectivity index (χ3v) is 5.93. The van der Waals surface area contributed by atoms with Gasteiger partial charge in [0.05, 0.1) is 11.6 Å². The number of hydrogen-bond acceptors (Lipinski definition) is 4. The molecule has 0 saturated carbocycles. The lowest BCUT2D eigenvalue weighted by atomic mass is 9.97. The van der Waals surface area contributed by atoms with Gasteiger partial charge in [0.25, 0.3) is 0 Å². The van der Waals surface area contributed by atoms with Crippen LogP contribution >= 0.6 is 0 Å². The zero-order valence-electron chi connectivity index (χ0n) is 16.9. The number of carbonyl (C=O) groups is 2. The van der Waals surface area contributed by atoms with Crippen molar-refractivity contribution >= 4 is 33.6 Å². The van der Waals surface area contributed by atoms with E-state index < -0.39 is 0 Å². The van der Waals surface area contributed by atoms with Crippen molar-refractivity contribution in [3.63, 3.8) is 0 Å². The Hall–Kier alpha value is -3.44. The van der Waals surface area contributed by atoms with Crippen LogP contribution < -0.4 is 5.48 Å². The van der Waals surface area contributed by atoms with Crippen molar-refractivity contribution in [2.45, 2.75) is 32.9 Å². The van der Waals surface area contributed by atoms with Gasteiger partial charge in [0.1, 0.15) is 0 Å². The summed E-state index contributed by atoms with van der Waals surface area (Å²) in [6.45, 7) is 4.16. The van der Waals surface area contributed by atoms with E-state index in [4.69, 9.17) is 4.84 Å². The molecule has 0 amide bonds. The number of para-hydroxylation sites is 1. The average Bonchev–Trinajstić information content (AvgIpc) is 3.08. The van der Waals surface area contributed by atoms with E-state index in [1.807, 2.05) is 55.5 Å². The molecule has 0 saturated heterocycles. The second-order valence-electron chi connectivity index (χ2n) is 7.82. The Bertz CT molecular complexity index is 1320. The quantitative estimate of drug-likeness (QED) is 0.394. The lowest BCUT2D eigenvalue weighted by Gasteiger charge is -2.25. The van der Waals surface area contributed by atoms with Crippen LogP contribution in [0.25, 0.3) is 21.8 Å². The number of hydrogen-bond donors (Lipinski definition) is 1. The molecule has 5 heteroatoms. The summed E-state index contributed by atoms with van der Waals surface area (Å²) in [6.07, 6.45) is 0.813. The predicted molar refractivity (Wildman–Crippen MR) is 116 cm³/mol. The van der Waals surface area contributed by atoms with Gasteiger partial charge in [-0.25, -0.2) is 0 Å². The highest BCUT2D eigenvalue weighted by molar-refractivity contribution is 6.15. The van der Waals surface area contributed by atoms with Crippen LogP contribution in [0.1, 0.15) is 46.4 Å². The molecule has 0 fully saturated rings. The van der Waals surface area contributed by atoms with Crippen molar-refractivity contribution in [1.29, 1.82) is 0 Å². The van der Waals surface area contributed by atoms with E-state index in [0.29, 0.717) is 5.56 Å². The summed E-state index contributed by atoms with van der Waals surface area (Å²) in [6, 6.07) is 19.8. The molecule has 0 radical (unpaired) electrons. The van der Waals surface area contributed by atoms with Crippen molar-refractivity contribution in [2.75, 3.05) is 0 Å². The molecule has 1 aliphatic heterocycles. The molecular formula is C25H22N2O3. The average molecular weight is 398 g/mol. The number of rotatable bonds is 4. The SMILES string of the molecule is CC(=O)ONC1CCn2c3ccc(C(=O)c4ccccc4C)cc3c3cccc1c32. The summed E-state index contributed by atoms with van der Waals surface area (Å²) in [4.78, 5) is 29.4. The lowest BCUT2D eigenvalue weighted by molar-refractivity contribution is -0.150. The van der Waals surface area contributed by atoms with Crippen molar-refractivity contribution in [3.8, 4) is 0 Å². The van der Waals surface area contributed by atoms with Gasteiger partial charge in [0, 0.05) is 40.9 Å². The Balaban J connectivity index is 1.64. The summed E-state index contributed by atoms with van der Waals surface area (Å²) in [5, 5.41) is 2.18. The van der Waals surface area contributed by atoms with Crippen LogP contribution in [0, 0.1) is 6.92 Å². The van der Waals surface area contributed by atoms with Crippen LogP contribution in [0.5, 0.6) is 0 Å². The fourth-order valence-electron chi connectivity index (χ4n) is 4.52. The third kappa shape index (κ3) is 2.90. The molecule has 5 rings (SSSR count). The van der Waals surface area contributed by atoms with Crippen molar-refractivity contribution < 1.29 is 14.4 Å². The molecule has 1 N–H and O–H groups in total. The van der Waals surface area contributed by atoms with Gasteiger partial charge in [-0.15, -0.1) is 5.48 Å². The van der Waals surface area contributed by atoms with Gasteiger partial charge in [-0.1, -0.05) is 42.5 Å². The molecule has 2 heterocycles. The third-order valence-electron chi connectivity index (χ3n) is 5.93. The Labute approximate surface area is 174 Å². The number of aryl methyl sites for hydroxylation is 2. The topological polar surface area (TPSA) is 60.3 Å². The van der Waals surface area contributed by atoms with Gasteiger partial charge in [0.2, 0.25) is 0 Å². The van der Waals surface area contributed by atoms with Gasteiger partial charge in [0.15, 0.2) is 5.78 Å². The number of benzene rings is 3. The minimum atomic E-state index is -0.354. The molecule has 1 unspecified atom stereocenters. The van der Waals surface area contributed by atoms with E-state index in [-0.39, 0.29) is 17.8 Å². The first-order valence-corrected chi connectivity index (χ1v) is 10.1.